The second-order valence-electron chi connectivity index (χ2n) is 4.82. The lowest BCUT2D eigenvalue weighted by molar-refractivity contribution is 0.113. The molecule has 0 radical (unpaired) electrons. The smallest absolute Gasteiger partial charge is 0.368 e. The second kappa shape index (κ2) is 6.93. The number of aromatic nitrogens is 2. The first-order valence-corrected chi connectivity index (χ1v) is 9.40. The highest BCUT2D eigenvalue weighted by molar-refractivity contribution is 7.76. The van der Waals surface area contributed by atoms with E-state index >= 15 is 0 Å². The summed E-state index contributed by atoms with van der Waals surface area (Å²) >= 11 is 0. The van der Waals surface area contributed by atoms with Crippen molar-refractivity contribution >= 4 is 15.0 Å². The molecule has 22 heavy (non-hydrogen) atoms. The van der Waals surface area contributed by atoms with Crippen molar-refractivity contribution in [1.82, 2.24) is 18.9 Å². The molecule has 1 aromatic heterocycles. The molecule has 0 spiro atoms. The summed E-state index contributed by atoms with van der Waals surface area (Å²) in [7, 11) is -1.32. The Kier molecular flexibility index (Phi) is 5.14. The molecule has 128 valence electrons. The molecule has 9 nitrogen and oxygen atoms in total. The molecular weight excluding hydrogens is 330 g/mol. The zero-order chi connectivity index (χ0) is 19.0. The minimum absolute atomic E-state index is 0.872. The van der Waals surface area contributed by atoms with Gasteiger partial charge in [-0.25, -0.2) is 14.3 Å². The van der Waals surface area contributed by atoms with Gasteiger partial charge in [0.1, 0.15) is 0 Å². The third kappa shape index (κ3) is 2.95. The first-order chi connectivity index (χ1) is 10.9. The van der Waals surface area contributed by atoms with E-state index in [0.29, 0.717) is 0 Å². The fourth-order valence-electron chi connectivity index (χ4n) is 2.03. The lowest BCUT2D eigenvalue weighted by atomic mass is 10.6. The van der Waals surface area contributed by atoms with E-state index in [1.807, 2.05) is 0 Å². The molecule has 11 heteroatoms. The molecule has 0 aromatic carbocycles. The molecule has 1 heterocycles. The molecule has 0 aliphatic heterocycles. The zero-order valence-corrected chi connectivity index (χ0v) is 15.3. The van der Waals surface area contributed by atoms with Gasteiger partial charge in [-0.3, -0.25) is 9.13 Å². The van der Waals surface area contributed by atoms with Crippen LogP contribution in [0.5, 0.6) is 0 Å². The second-order valence-corrected chi connectivity index (χ2v) is 10.9. The van der Waals surface area contributed by atoms with Crippen molar-refractivity contribution < 1.29 is 26.0 Å². The van der Waals surface area contributed by atoms with Crippen LogP contribution >= 0.6 is 15.0 Å². The Bertz CT molecular complexity index is 635. The van der Waals surface area contributed by atoms with Gasteiger partial charge >= 0.3 is 7.60 Å². The highest BCUT2D eigenvalue weighted by Gasteiger charge is 2.64. The summed E-state index contributed by atoms with van der Waals surface area (Å²) < 4.78 is 56.6. The van der Waals surface area contributed by atoms with E-state index in [0.717, 1.165) is 34.5 Å². The van der Waals surface area contributed by atoms with Crippen LogP contribution in [0.1, 0.15) is 2.74 Å². The standard InChI is InChI=1S/C11H24N4O5P2/c1-13(2)21(17,14(3)4)11(16,22(18,19-5)20-6)9-15-8-7-12-10-15/h7-8,10,16H,9H2,1-6H3/i9D2. The van der Waals surface area contributed by atoms with Crippen molar-refractivity contribution in [2.75, 3.05) is 42.4 Å². The molecular formula is C11H24N4O5P2. The average molecular weight is 356 g/mol. The number of imidazole rings is 1. The number of hydrogen-bond acceptors (Lipinski definition) is 6. The first kappa shape index (κ1) is 16.3. The highest BCUT2D eigenvalue weighted by atomic mass is 31.2. The van der Waals surface area contributed by atoms with Gasteiger partial charge in [-0.2, -0.15) is 0 Å². The molecule has 1 aromatic rings. The van der Waals surface area contributed by atoms with Crippen LogP contribution < -0.4 is 0 Å². The van der Waals surface area contributed by atoms with Gasteiger partial charge in [-0.15, -0.1) is 0 Å². The number of nitrogens with zero attached hydrogens (tertiary/aromatic N) is 4. The Morgan fingerprint density at radius 3 is 2.09 bits per heavy atom. The van der Waals surface area contributed by atoms with E-state index < -0.39 is 26.6 Å². The Hall–Kier alpha value is -0.530. The van der Waals surface area contributed by atoms with Gasteiger partial charge in [0.05, 0.1) is 15.6 Å². The molecule has 0 bridgehead atoms. The maximum atomic E-state index is 13.7. The van der Waals surface area contributed by atoms with Crippen LogP contribution in [-0.2, 0) is 24.7 Å². The molecule has 0 aliphatic carbocycles. The molecule has 0 saturated carbocycles. The third-order valence-electron chi connectivity index (χ3n) is 3.14. The largest absolute Gasteiger partial charge is 0.373 e. The van der Waals surface area contributed by atoms with Crippen molar-refractivity contribution in [2.45, 2.75) is 11.6 Å². The predicted molar refractivity (Wildman–Crippen MR) is 83.8 cm³/mol. The molecule has 0 fully saturated rings. The topological polar surface area (TPSA) is 97.1 Å². The summed E-state index contributed by atoms with van der Waals surface area (Å²) in [5, 5.41) is 8.36. The number of rotatable bonds is 8. The van der Waals surface area contributed by atoms with Crippen LogP contribution in [0.2, 0.25) is 0 Å². The van der Waals surface area contributed by atoms with Crippen molar-refractivity contribution in [3.8, 4) is 0 Å². The van der Waals surface area contributed by atoms with Gasteiger partial charge in [-0.1, -0.05) is 0 Å². The Morgan fingerprint density at radius 2 is 1.77 bits per heavy atom. The number of aliphatic hydroxyl groups is 1. The van der Waals surface area contributed by atoms with E-state index in [-0.39, 0.29) is 0 Å². The maximum absolute atomic E-state index is 13.7. The summed E-state index contributed by atoms with van der Waals surface area (Å²) in [6.45, 7) is -2.84. The van der Waals surface area contributed by atoms with E-state index in [4.69, 9.17) is 11.8 Å². The summed E-state index contributed by atoms with van der Waals surface area (Å²) in [6.07, 6.45) is 3.58. The fourth-order valence-corrected chi connectivity index (χ4v) is 7.84. The van der Waals surface area contributed by atoms with Crippen molar-refractivity contribution in [1.29, 1.82) is 0 Å². The fraction of sp³-hybridized carbons (Fsp3) is 0.727. The lowest BCUT2D eigenvalue weighted by Gasteiger charge is -2.44. The van der Waals surface area contributed by atoms with E-state index in [2.05, 4.69) is 4.98 Å². The van der Waals surface area contributed by atoms with E-state index in [1.54, 1.807) is 0 Å². The van der Waals surface area contributed by atoms with Crippen molar-refractivity contribution in [2.24, 2.45) is 0 Å². The minimum Gasteiger partial charge on any atom is -0.368 e. The Labute approximate surface area is 133 Å². The normalized spacial score (nSPS) is 18.2. The van der Waals surface area contributed by atoms with Gasteiger partial charge in [0.25, 0.3) is 12.5 Å². The Morgan fingerprint density at radius 1 is 1.27 bits per heavy atom. The van der Waals surface area contributed by atoms with Gasteiger partial charge in [0, 0.05) is 26.6 Å². The van der Waals surface area contributed by atoms with Crippen LogP contribution in [0.15, 0.2) is 18.7 Å². The average Bonchev–Trinajstić information content (AvgIpc) is 3.06. The van der Waals surface area contributed by atoms with Crippen molar-refractivity contribution in [3.63, 3.8) is 0 Å². The van der Waals surface area contributed by atoms with Crippen molar-refractivity contribution in [3.05, 3.63) is 18.7 Å². The Balaban J connectivity index is 3.92. The maximum Gasteiger partial charge on any atom is 0.373 e. The summed E-state index contributed by atoms with van der Waals surface area (Å²) in [6, 6.07) is 0. The van der Waals surface area contributed by atoms with E-state index in [9.17, 15) is 14.2 Å². The lowest BCUT2D eigenvalue weighted by Crippen LogP contribution is -2.43. The van der Waals surface area contributed by atoms with Crippen LogP contribution in [0.3, 0.4) is 0 Å². The molecule has 1 unspecified atom stereocenters. The molecule has 0 aliphatic rings. The summed E-state index contributed by atoms with van der Waals surface area (Å²) in [4.78, 5) is 3.73. The minimum atomic E-state index is -4.61. The van der Waals surface area contributed by atoms with Gasteiger partial charge in [-0.05, 0) is 28.2 Å². The molecule has 1 atom stereocenters. The SMILES string of the molecule is [2H]C([2H])(n1ccnc1)C(O)(P(=O)(OC)OC)P(=O)(N(C)C)N(C)C. The predicted octanol–water partition coefficient (Wildman–Crippen LogP) is 1.33. The summed E-state index contributed by atoms with van der Waals surface area (Å²) in [5.74, 6) is 0. The monoisotopic (exact) mass is 356 g/mol. The first-order valence-electron chi connectivity index (χ1n) is 7.25. The molecule has 1 N–H and O–H groups in total. The van der Waals surface area contributed by atoms with Gasteiger partial charge in [0.2, 0.25) is 0 Å². The van der Waals surface area contributed by atoms with Gasteiger partial charge < -0.3 is 18.7 Å². The highest BCUT2D eigenvalue weighted by Crippen LogP contribution is 2.76. The molecule has 1 rings (SSSR count). The van der Waals surface area contributed by atoms with Crippen LogP contribution in [0.25, 0.3) is 0 Å². The number of hydrogen-bond donors (Lipinski definition) is 1. The van der Waals surface area contributed by atoms with E-state index in [1.165, 1.54) is 40.6 Å². The third-order valence-corrected chi connectivity index (χ3v) is 9.56. The van der Waals surface area contributed by atoms with Crippen LogP contribution in [0, 0.1) is 0 Å². The van der Waals surface area contributed by atoms with Crippen LogP contribution in [-0.4, -0.2) is 71.5 Å². The zero-order valence-electron chi connectivity index (χ0n) is 15.5. The van der Waals surface area contributed by atoms with Crippen LogP contribution in [0.4, 0.5) is 0 Å². The molecule has 0 amide bonds. The van der Waals surface area contributed by atoms with Gasteiger partial charge in [0.15, 0.2) is 0 Å². The molecule has 0 saturated heterocycles. The summed E-state index contributed by atoms with van der Waals surface area (Å²) in [5.41, 5.74) is 0. The quantitative estimate of drug-likeness (QED) is 0.697.